The van der Waals surface area contributed by atoms with Crippen LogP contribution in [0, 0.1) is 0 Å². The number of rotatable bonds is 11. The lowest BCUT2D eigenvalue weighted by Gasteiger charge is -2.24. The van der Waals surface area contributed by atoms with E-state index < -0.39 is 5.54 Å². The highest BCUT2D eigenvalue weighted by Crippen LogP contribution is 2.16. The Balaban J connectivity index is 2.31. The molecule has 1 aromatic carbocycles. The zero-order valence-electron chi connectivity index (χ0n) is 13.5. The monoisotopic (exact) mass is 307 g/mol. The van der Waals surface area contributed by atoms with Crippen molar-refractivity contribution in [2.24, 2.45) is 5.73 Å². The lowest BCUT2D eigenvalue weighted by atomic mass is 9.94. The van der Waals surface area contributed by atoms with E-state index in [-0.39, 0.29) is 13.2 Å². The molecule has 0 aliphatic heterocycles. The van der Waals surface area contributed by atoms with E-state index in [1.54, 1.807) is 0 Å². The fourth-order valence-corrected chi connectivity index (χ4v) is 2.07. The summed E-state index contributed by atoms with van der Waals surface area (Å²) in [6.45, 7) is 2.35. The molecular formula is C18H29NO3. The minimum Gasteiger partial charge on any atom is -0.494 e. The molecule has 4 N–H and O–H groups in total. The number of aliphatic hydroxyl groups excluding tert-OH is 2. The molecular weight excluding hydrogens is 278 g/mol. The second kappa shape index (κ2) is 10.4. The third-order valence-electron chi connectivity index (χ3n) is 3.73. The summed E-state index contributed by atoms with van der Waals surface area (Å²) < 4.78 is 5.70. The van der Waals surface area contributed by atoms with Gasteiger partial charge in [-0.15, -0.1) is 0 Å². The van der Waals surface area contributed by atoms with Crippen molar-refractivity contribution in [3.63, 3.8) is 0 Å². The Kier molecular flexibility index (Phi) is 8.82. The van der Waals surface area contributed by atoms with Crippen molar-refractivity contribution in [3.8, 4) is 5.75 Å². The van der Waals surface area contributed by atoms with E-state index in [1.807, 2.05) is 31.2 Å². The van der Waals surface area contributed by atoms with Crippen LogP contribution >= 0.6 is 0 Å². The molecule has 0 fully saturated rings. The molecule has 0 radical (unpaired) electrons. The third kappa shape index (κ3) is 7.07. The van der Waals surface area contributed by atoms with Crippen molar-refractivity contribution >= 4 is 0 Å². The van der Waals surface area contributed by atoms with E-state index in [0.29, 0.717) is 6.42 Å². The van der Waals surface area contributed by atoms with Gasteiger partial charge in [0.2, 0.25) is 0 Å². The van der Waals surface area contributed by atoms with Gasteiger partial charge in [0.25, 0.3) is 0 Å². The number of allylic oxidation sites excluding steroid dienone is 2. The first-order valence-electron chi connectivity index (χ1n) is 7.97. The summed E-state index contributed by atoms with van der Waals surface area (Å²) in [6.07, 6.45) is 8.81. The Labute approximate surface area is 133 Å². The lowest BCUT2D eigenvalue weighted by molar-refractivity contribution is 0.115. The van der Waals surface area contributed by atoms with Crippen molar-refractivity contribution in [2.75, 3.05) is 19.8 Å². The average molecular weight is 307 g/mol. The second-order valence-electron chi connectivity index (χ2n) is 5.74. The van der Waals surface area contributed by atoms with Gasteiger partial charge >= 0.3 is 0 Å². The fourth-order valence-electron chi connectivity index (χ4n) is 2.07. The molecule has 4 heteroatoms. The average Bonchev–Trinajstić information content (AvgIpc) is 2.57. The van der Waals surface area contributed by atoms with Crippen LogP contribution in [0.5, 0.6) is 5.75 Å². The SMILES string of the molecule is C/C=C\CCCCOc1ccc(CCC(N)(CO)CO)cc1. The van der Waals surface area contributed by atoms with E-state index in [4.69, 9.17) is 10.5 Å². The predicted octanol–water partition coefficient (Wildman–Crippen LogP) is 2.43. The molecule has 4 nitrogen and oxygen atoms in total. The van der Waals surface area contributed by atoms with Crippen LogP contribution < -0.4 is 10.5 Å². The Morgan fingerprint density at radius 3 is 2.41 bits per heavy atom. The van der Waals surface area contributed by atoms with Crippen molar-refractivity contribution in [3.05, 3.63) is 42.0 Å². The van der Waals surface area contributed by atoms with Gasteiger partial charge in [0.1, 0.15) is 5.75 Å². The molecule has 0 saturated heterocycles. The summed E-state index contributed by atoms with van der Waals surface area (Å²) in [5, 5.41) is 18.3. The highest BCUT2D eigenvalue weighted by atomic mass is 16.5. The van der Waals surface area contributed by atoms with Gasteiger partial charge in [-0.25, -0.2) is 0 Å². The van der Waals surface area contributed by atoms with Gasteiger partial charge in [-0.2, -0.15) is 0 Å². The number of aliphatic hydroxyl groups is 2. The molecule has 0 spiro atoms. The fraction of sp³-hybridized carbons (Fsp3) is 0.556. The number of benzene rings is 1. The molecule has 22 heavy (non-hydrogen) atoms. The Bertz CT molecular complexity index is 424. The normalized spacial score (nSPS) is 12.0. The number of nitrogens with two attached hydrogens (primary N) is 1. The molecule has 0 unspecified atom stereocenters. The molecule has 0 bridgehead atoms. The summed E-state index contributed by atoms with van der Waals surface area (Å²) in [6, 6.07) is 7.92. The minimum absolute atomic E-state index is 0.210. The van der Waals surface area contributed by atoms with E-state index in [1.165, 1.54) is 0 Å². The van der Waals surface area contributed by atoms with Crippen LogP contribution in [-0.2, 0) is 6.42 Å². The topological polar surface area (TPSA) is 75.7 Å². The number of aryl methyl sites for hydroxylation is 1. The molecule has 0 saturated carbocycles. The van der Waals surface area contributed by atoms with Gasteiger partial charge in [-0.1, -0.05) is 24.3 Å². The molecule has 0 aliphatic rings. The van der Waals surface area contributed by atoms with Gasteiger partial charge in [0.05, 0.1) is 25.4 Å². The quantitative estimate of drug-likeness (QED) is 0.433. The minimum atomic E-state index is -0.901. The first-order valence-corrected chi connectivity index (χ1v) is 7.97. The van der Waals surface area contributed by atoms with Crippen LogP contribution in [0.15, 0.2) is 36.4 Å². The van der Waals surface area contributed by atoms with Gasteiger partial charge in [-0.05, 0) is 56.7 Å². The maximum atomic E-state index is 9.17. The van der Waals surface area contributed by atoms with Crippen LogP contribution in [0.1, 0.15) is 38.2 Å². The van der Waals surface area contributed by atoms with Gasteiger partial charge in [-0.3, -0.25) is 0 Å². The highest BCUT2D eigenvalue weighted by Gasteiger charge is 2.22. The van der Waals surface area contributed by atoms with Crippen molar-refractivity contribution in [1.29, 1.82) is 0 Å². The Hall–Kier alpha value is -1.36. The summed E-state index contributed by atoms with van der Waals surface area (Å²) in [7, 11) is 0. The number of ether oxygens (including phenoxy) is 1. The maximum Gasteiger partial charge on any atom is 0.119 e. The Morgan fingerprint density at radius 1 is 1.14 bits per heavy atom. The summed E-state index contributed by atoms with van der Waals surface area (Å²) in [5.41, 5.74) is 6.08. The number of unbranched alkanes of at least 4 members (excludes halogenated alkanes) is 2. The molecule has 0 amide bonds. The largest absolute Gasteiger partial charge is 0.494 e. The van der Waals surface area contributed by atoms with E-state index >= 15 is 0 Å². The standard InChI is InChI=1S/C18H29NO3/c1-2-3-4-5-6-13-22-17-9-7-16(8-10-17)11-12-18(19,14-20)15-21/h2-3,7-10,20-21H,4-6,11-15,19H2,1H3/b3-2-. The zero-order chi connectivity index (χ0) is 16.3. The van der Waals surface area contributed by atoms with Gasteiger partial charge in [0.15, 0.2) is 0 Å². The smallest absolute Gasteiger partial charge is 0.119 e. The van der Waals surface area contributed by atoms with E-state index in [9.17, 15) is 10.2 Å². The van der Waals surface area contributed by atoms with Crippen LogP contribution in [0.25, 0.3) is 0 Å². The van der Waals surface area contributed by atoms with Crippen LogP contribution in [0.3, 0.4) is 0 Å². The molecule has 0 aromatic heterocycles. The first kappa shape index (κ1) is 18.7. The predicted molar refractivity (Wildman–Crippen MR) is 90.0 cm³/mol. The van der Waals surface area contributed by atoms with E-state index in [0.717, 1.165) is 43.6 Å². The van der Waals surface area contributed by atoms with Gasteiger partial charge in [0, 0.05) is 0 Å². The lowest BCUT2D eigenvalue weighted by Crippen LogP contribution is -2.47. The van der Waals surface area contributed by atoms with Crippen LogP contribution in [0.2, 0.25) is 0 Å². The van der Waals surface area contributed by atoms with E-state index in [2.05, 4.69) is 12.2 Å². The third-order valence-corrected chi connectivity index (χ3v) is 3.73. The molecule has 1 aromatic rings. The maximum absolute atomic E-state index is 9.17. The summed E-state index contributed by atoms with van der Waals surface area (Å²) >= 11 is 0. The summed E-state index contributed by atoms with van der Waals surface area (Å²) in [4.78, 5) is 0. The van der Waals surface area contributed by atoms with Crippen LogP contribution in [0.4, 0.5) is 0 Å². The van der Waals surface area contributed by atoms with Crippen molar-refractivity contribution in [1.82, 2.24) is 0 Å². The summed E-state index contributed by atoms with van der Waals surface area (Å²) in [5.74, 6) is 0.873. The molecule has 0 heterocycles. The highest BCUT2D eigenvalue weighted by molar-refractivity contribution is 5.27. The molecule has 0 atom stereocenters. The molecule has 124 valence electrons. The van der Waals surface area contributed by atoms with Crippen molar-refractivity contribution < 1.29 is 14.9 Å². The number of hydrogen-bond acceptors (Lipinski definition) is 4. The Morgan fingerprint density at radius 2 is 1.82 bits per heavy atom. The zero-order valence-corrected chi connectivity index (χ0v) is 13.5. The molecule has 1 rings (SSSR count). The molecule has 0 aliphatic carbocycles. The second-order valence-corrected chi connectivity index (χ2v) is 5.74. The van der Waals surface area contributed by atoms with Gasteiger partial charge < -0.3 is 20.7 Å². The number of hydrogen-bond donors (Lipinski definition) is 3. The van der Waals surface area contributed by atoms with Crippen molar-refractivity contribution in [2.45, 2.75) is 44.6 Å². The first-order chi connectivity index (χ1) is 10.6. The van der Waals surface area contributed by atoms with Crippen LogP contribution in [-0.4, -0.2) is 35.6 Å².